The minimum atomic E-state index is 0.446. The van der Waals surface area contributed by atoms with Crippen molar-refractivity contribution in [3.63, 3.8) is 0 Å². The zero-order valence-corrected chi connectivity index (χ0v) is 8.23. The van der Waals surface area contributed by atoms with E-state index in [2.05, 4.69) is 15.1 Å². The molecule has 0 aromatic carbocycles. The lowest BCUT2D eigenvalue weighted by molar-refractivity contribution is 0.831. The van der Waals surface area contributed by atoms with Crippen molar-refractivity contribution in [3.8, 4) is 5.82 Å². The first kappa shape index (κ1) is 8.96. The van der Waals surface area contributed by atoms with Gasteiger partial charge in [-0.05, 0) is 6.92 Å². The highest BCUT2D eigenvalue weighted by atomic mass is 35.5. The Morgan fingerprint density at radius 1 is 1.43 bits per heavy atom. The van der Waals surface area contributed by atoms with E-state index in [4.69, 9.17) is 17.3 Å². The lowest BCUT2D eigenvalue weighted by atomic mass is 10.3. The lowest BCUT2D eigenvalue weighted by Gasteiger charge is -2.04. The number of anilines is 1. The molecule has 0 unspecified atom stereocenters. The molecule has 2 rings (SSSR count). The highest BCUT2D eigenvalue weighted by Gasteiger charge is 2.07. The van der Waals surface area contributed by atoms with Crippen LogP contribution < -0.4 is 5.73 Å². The fraction of sp³-hybridized carbons (Fsp3) is 0.125. The summed E-state index contributed by atoms with van der Waals surface area (Å²) in [5.74, 6) is 1.09. The van der Waals surface area contributed by atoms with E-state index in [0.717, 1.165) is 5.56 Å². The van der Waals surface area contributed by atoms with E-state index in [1.807, 2.05) is 6.92 Å². The summed E-state index contributed by atoms with van der Waals surface area (Å²) in [6.07, 6.45) is 4.60. The van der Waals surface area contributed by atoms with Crippen molar-refractivity contribution >= 4 is 17.4 Å². The Kier molecular flexibility index (Phi) is 2.09. The number of nitrogens with two attached hydrogens (primary N) is 1. The van der Waals surface area contributed by atoms with E-state index in [1.165, 1.54) is 6.33 Å². The number of nitrogen functional groups attached to an aromatic ring is 1. The highest BCUT2D eigenvalue weighted by Crippen LogP contribution is 2.15. The number of rotatable bonds is 1. The molecule has 0 amide bonds. The van der Waals surface area contributed by atoms with Crippen LogP contribution in [0.4, 0.5) is 5.82 Å². The van der Waals surface area contributed by atoms with Crippen LogP contribution in [0.1, 0.15) is 5.56 Å². The zero-order chi connectivity index (χ0) is 10.1. The highest BCUT2D eigenvalue weighted by molar-refractivity contribution is 6.30. The van der Waals surface area contributed by atoms with E-state index in [-0.39, 0.29) is 0 Å². The third-order valence-electron chi connectivity index (χ3n) is 1.86. The van der Waals surface area contributed by atoms with Crippen LogP contribution in [0.3, 0.4) is 0 Å². The third-order valence-corrected chi connectivity index (χ3v) is 2.06. The number of halogens is 1. The van der Waals surface area contributed by atoms with Crippen LogP contribution in [0.2, 0.25) is 5.02 Å². The smallest absolute Gasteiger partial charge is 0.161 e. The molecule has 2 heterocycles. The van der Waals surface area contributed by atoms with Gasteiger partial charge in [-0.3, -0.25) is 0 Å². The van der Waals surface area contributed by atoms with Crippen molar-refractivity contribution < 1.29 is 0 Å². The third kappa shape index (κ3) is 1.42. The van der Waals surface area contributed by atoms with E-state index < -0.39 is 0 Å². The van der Waals surface area contributed by atoms with Gasteiger partial charge >= 0.3 is 0 Å². The van der Waals surface area contributed by atoms with Gasteiger partial charge in [-0.1, -0.05) is 11.6 Å². The Labute approximate surface area is 85.5 Å². The number of hydrogen-bond donors (Lipinski definition) is 1. The molecule has 0 aliphatic rings. The number of hydrogen-bond acceptors (Lipinski definition) is 4. The fourth-order valence-corrected chi connectivity index (χ4v) is 1.24. The second-order valence-corrected chi connectivity index (χ2v) is 3.25. The summed E-state index contributed by atoms with van der Waals surface area (Å²) >= 11 is 5.74. The molecule has 5 nitrogen and oxygen atoms in total. The topological polar surface area (TPSA) is 69.6 Å². The first-order valence-corrected chi connectivity index (χ1v) is 4.34. The average molecular weight is 210 g/mol. The van der Waals surface area contributed by atoms with Gasteiger partial charge in [-0.25, -0.2) is 14.6 Å². The minimum Gasteiger partial charge on any atom is -0.383 e. The molecule has 0 aliphatic carbocycles. The van der Waals surface area contributed by atoms with Gasteiger partial charge < -0.3 is 5.73 Å². The fourth-order valence-electron chi connectivity index (χ4n) is 1.10. The van der Waals surface area contributed by atoms with Gasteiger partial charge in [-0.15, -0.1) is 0 Å². The van der Waals surface area contributed by atoms with Crippen LogP contribution in [-0.2, 0) is 0 Å². The predicted molar refractivity (Wildman–Crippen MR) is 53.3 cm³/mol. The average Bonchev–Trinajstić information content (AvgIpc) is 2.57. The maximum atomic E-state index is 5.74. The standard InChI is InChI=1S/C8H8ClN5/c1-5-7(10)11-4-12-8(5)14-3-6(9)2-13-14/h2-4H,1H3,(H2,10,11,12). The van der Waals surface area contributed by atoms with Crippen molar-refractivity contribution in [2.75, 3.05) is 5.73 Å². The predicted octanol–water partition coefficient (Wildman–Crippen LogP) is 1.21. The van der Waals surface area contributed by atoms with Crippen molar-refractivity contribution in [1.29, 1.82) is 0 Å². The molecule has 6 heteroatoms. The molecule has 14 heavy (non-hydrogen) atoms. The number of aromatic nitrogens is 4. The molecule has 0 radical (unpaired) electrons. The van der Waals surface area contributed by atoms with Crippen molar-refractivity contribution in [3.05, 3.63) is 29.3 Å². The molecule has 2 N–H and O–H groups in total. The molecule has 2 aromatic rings. The Bertz CT molecular complexity index is 465. The Hall–Kier alpha value is -1.62. The Morgan fingerprint density at radius 2 is 2.21 bits per heavy atom. The lowest BCUT2D eigenvalue weighted by Crippen LogP contribution is -2.05. The normalized spacial score (nSPS) is 10.4. The van der Waals surface area contributed by atoms with Crippen LogP contribution in [0.15, 0.2) is 18.7 Å². The SMILES string of the molecule is Cc1c(N)ncnc1-n1cc(Cl)cn1. The van der Waals surface area contributed by atoms with Gasteiger partial charge in [0.05, 0.1) is 17.4 Å². The number of nitrogens with zero attached hydrogens (tertiary/aromatic N) is 4. The van der Waals surface area contributed by atoms with Gasteiger partial charge in [-0.2, -0.15) is 5.10 Å². The zero-order valence-electron chi connectivity index (χ0n) is 7.48. The van der Waals surface area contributed by atoms with Crippen molar-refractivity contribution in [1.82, 2.24) is 19.7 Å². The largest absolute Gasteiger partial charge is 0.383 e. The maximum Gasteiger partial charge on any atom is 0.161 e. The molecule has 0 atom stereocenters. The second kappa shape index (κ2) is 3.26. The summed E-state index contributed by atoms with van der Waals surface area (Å²) in [7, 11) is 0. The molecule has 0 saturated carbocycles. The van der Waals surface area contributed by atoms with Gasteiger partial charge in [0.25, 0.3) is 0 Å². The molecule has 2 aromatic heterocycles. The summed E-state index contributed by atoms with van der Waals surface area (Å²) in [5.41, 5.74) is 6.42. The van der Waals surface area contributed by atoms with Gasteiger partial charge in [0.15, 0.2) is 5.82 Å². The van der Waals surface area contributed by atoms with Crippen molar-refractivity contribution in [2.45, 2.75) is 6.92 Å². The quantitative estimate of drug-likeness (QED) is 0.767. The molecule has 0 bridgehead atoms. The van der Waals surface area contributed by atoms with Crippen molar-refractivity contribution in [2.24, 2.45) is 0 Å². The molecule has 0 aliphatic heterocycles. The van der Waals surface area contributed by atoms with Crippen LogP contribution in [0.25, 0.3) is 5.82 Å². The summed E-state index contributed by atoms with van der Waals surface area (Å²) in [6, 6.07) is 0. The molecular formula is C8H8ClN5. The summed E-state index contributed by atoms with van der Waals surface area (Å²) in [6.45, 7) is 1.83. The van der Waals surface area contributed by atoms with Crippen LogP contribution in [0, 0.1) is 6.92 Å². The van der Waals surface area contributed by atoms with Crippen LogP contribution in [0.5, 0.6) is 0 Å². The molecule has 0 fully saturated rings. The maximum absolute atomic E-state index is 5.74. The van der Waals surface area contributed by atoms with E-state index in [0.29, 0.717) is 16.7 Å². The summed E-state index contributed by atoms with van der Waals surface area (Å²) in [4.78, 5) is 7.94. The molecule has 0 saturated heterocycles. The molecule has 72 valence electrons. The first-order valence-electron chi connectivity index (χ1n) is 3.96. The van der Waals surface area contributed by atoms with Crippen LogP contribution >= 0.6 is 11.6 Å². The Morgan fingerprint density at radius 3 is 2.86 bits per heavy atom. The van der Waals surface area contributed by atoms with E-state index >= 15 is 0 Å². The first-order chi connectivity index (χ1) is 6.68. The van der Waals surface area contributed by atoms with Gasteiger partial charge in [0, 0.05) is 5.56 Å². The Balaban J connectivity index is 2.57. The van der Waals surface area contributed by atoms with E-state index in [9.17, 15) is 0 Å². The van der Waals surface area contributed by atoms with Gasteiger partial charge in [0.2, 0.25) is 0 Å². The van der Waals surface area contributed by atoms with Gasteiger partial charge in [0.1, 0.15) is 12.1 Å². The second-order valence-electron chi connectivity index (χ2n) is 2.81. The summed E-state index contributed by atoms with van der Waals surface area (Å²) < 4.78 is 1.57. The summed E-state index contributed by atoms with van der Waals surface area (Å²) in [5, 5.41) is 4.58. The minimum absolute atomic E-state index is 0.446. The molecular weight excluding hydrogens is 202 g/mol. The molecule has 0 spiro atoms. The van der Waals surface area contributed by atoms with E-state index in [1.54, 1.807) is 17.1 Å². The van der Waals surface area contributed by atoms with Crippen LogP contribution in [-0.4, -0.2) is 19.7 Å². The monoisotopic (exact) mass is 209 g/mol.